The second-order valence-electron chi connectivity index (χ2n) is 3.06. The van der Waals surface area contributed by atoms with Gasteiger partial charge in [0.15, 0.2) is 0 Å². The molecule has 0 unspecified atom stereocenters. The molecule has 0 atom stereocenters. The van der Waals surface area contributed by atoms with Gasteiger partial charge in [-0.25, -0.2) is 19.4 Å². The van der Waals surface area contributed by atoms with Crippen LogP contribution in [0.5, 0.6) is 5.88 Å². The topological polar surface area (TPSA) is 93.0 Å². The van der Waals surface area contributed by atoms with E-state index in [1.165, 1.54) is 10.9 Å². The Hall–Kier alpha value is -1.44. The maximum Gasteiger partial charge on any atom is 1.00 e. The van der Waals surface area contributed by atoms with E-state index in [1.807, 2.05) is 0 Å². The van der Waals surface area contributed by atoms with Crippen molar-refractivity contribution in [3.63, 3.8) is 0 Å². The van der Waals surface area contributed by atoms with E-state index in [0.29, 0.717) is 0 Å². The first-order valence-electron chi connectivity index (χ1n) is 4.93. The number of nitrogens with zero attached hydrogens (tertiary/aromatic N) is 4. The van der Waals surface area contributed by atoms with Crippen molar-refractivity contribution in [3.8, 4) is 11.8 Å². The van der Waals surface area contributed by atoms with Crippen molar-refractivity contribution in [2.75, 3.05) is 6.61 Å². The Morgan fingerprint density at radius 3 is 2.89 bits per heavy atom. The maximum absolute atomic E-state index is 11.6. The number of aromatic nitrogens is 4. The first kappa shape index (κ1) is 14.6. The van der Waals surface area contributed by atoms with Gasteiger partial charge in [-0.15, -0.1) is 0 Å². The molecule has 0 bridgehead atoms. The molecule has 0 amide bonds. The van der Waals surface area contributed by atoms with Gasteiger partial charge in [-0.2, -0.15) is 5.10 Å². The summed E-state index contributed by atoms with van der Waals surface area (Å²) < 4.78 is 6.03. The summed E-state index contributed by atoms with van der Waals surface area (Å²) in [5.41, 5.74) is -0.178. The molecule has 0 radical (unpaired) electrons. The van der Waals surface area contributed by atoms with Crippen LogP contribution in [0.2, 0.25) is 0 Å². The van der Waals surface area contributed by atoms with Crippen LogP contribution in [0.4, 0.5) is 0 Å². The van der Waals surface area contributed by atoms with Gasteiger partial charge in [0.2, 0.25) is 5.95 Å². The van der Waals surface area contributed by atoms with Gasteiger partial charge in [0.25, 0.3) is 0 Å². The molecule has 0 spiro atoms. The number of hydrogen-bond donors (Lipinski definition) is 0. The minimum absolute atomic E-state index is 0. The molecule has 0 saturated carbocycles. The summed E-state index contributed by atoms with van der Waals surface area (Å²) >= 11 is 0. The summed E-state index contributed by atoms with van der Waals surface area (Å²) in [7, 11) is 0. The number of ether oxygens (including phenoxy) is 1. The first-order chi connectivity index (χ1) is 8.22. The molecule has 18 heavy (non-hydrogen) atoms. The smallest absolute Gasteiger partial charge is 0.858 e. The normalized spacial score (nSPS) is 9.61. The summed E-state index contributed by atoms with van der Waals surface area (Å²) in [6.07, 6.45) is 4.27. The largest absolute Gasteiger partial charge is 1.00 e. The summed E-state index contributed by atoms with van der Waals surface area (Å²) in [6, 6.07) is 1.67. The second kappa shape index (κ2) is 6.48. The van der Waals surface area contributed by atoms with E-state index >= 15 is 0 Å². The van der Waals surface area contributed by atoms with Crippen LogP contribution in [-0.4, -0.2) is 32.3 Å². The number of carbonyl (C=O) groups excluding carboxylic acids is 1. The van der Waals surface area contributed by atoms with Gasteiger partial charge in [-0.05, 0) is 13.0 Å². The van der Waals surface area contributed by atoms with Gasteiger partial charge in [0.05, 0.1) is 12.2 Å². The van der Waals surface area contributed by atoms with Gasteiger partial charge in [0, 0.05) is 24.5 Å². The third-order valence-corrected chi connectivity index (χ3v) is 1.95. The fraction of sp³-hybridized carbons (Fsp3) is 0.200. The predicted molar refractivity (Wildman–Crippen MR) is 54.6 cm³/mol. The van der Waals surface area contributed by atoms with Crippen LogP contribution in [0.15, 0.2) is 24.7 Å². The second-order valence-corrected chi connectivity index (χ2v) is 3.06. The molecule has 8 heteroatoms. The van der Waals surface area contributed by atoms with Crippen molar-refractivity contribution in [1.82, 2.24) is 19.7 Å². The predicted octanol–water partition coefficient (Wildman–Crippen LogP) is -3.08. The molecule has 2 heterocycles. The maximum atomic E-state index is 11.6. The van der Waals surface area contributed by atoms with Crippen LogP contribution in [0.25, 0.3) is 5.95 Å². The van der Waals surface area contributed by atoms with Gasteiger partial charge < -0.3 is 9.84 Å². The molecule has 0 aliphatic carbocycles. The van der Waals surface area contributed by atoms with Crippen LogP contribution in [0, 0.1) is 0 Å². The Kier molecular flexibility index (Phi) is 5.26. The molecule has 0 N–H and O–H groups in total. The van der Waals surface area contributed by atoms with E-state index in [9.17, 15) is 9.90 Å². The molecule has 2 aromatic heterocycles. The minimum atomic E-state index is -0.718. The van der Waals surface area contributed by atoms with Crippen molar-refractivity contribution >= 4 is 5.97 Å². The third-order valence-electron chi connectivity index (χ3n) is 1.95. The molecular formula is C10H9N4NaO3. The van der Waals surface area contributed by atoms with E-state index in [1.54, 1.807) is 19.2 Å². The molecule has 88 valence electrons. The summed E-state index contributed by atoms with van der Waals surface area (Å²) in [4.78, 5) is 18.9. The van der Waals surface area contributed by atoms with Gasteiger partial charge in [0.1, 0.15) is 0 Å². The van der Waals surface area contributed by atoms with Crippen molar-refractivity contribution in [2.24, 2.45) is 0 Å². The zero-order valence-electron chi connectivity index (χ0n) is 10.0. The van der Waals surface area contributed by atoms with Crippen LogP contribution >= 0.6 is 0 Å². The van der Waals surface area contributed by atoms with Crippen LogP contribution < -0.4 is 34.7 Å². The molecule has 7 nitrogen and oxygen atoms in total. The molecule has 2 rings (SSSR count). The Morgan fingerprint density at radius 1 is 1.56 bits per heavy atom. The summed E-state index contributed by atoms with van der Waals surface area (Å²) in [5.74, 6) is -1.28. The Balaban J connectivity index is 0.00000162. The van der Waals surface area contributed by atoms with E-state index in [4.69, 9.17) is 4.74 Å². The quantitative estimate of drug-likeness (QED) is 0.427. The van der Waals surface area contributed by atoms with Crippen LogP contribution in [0.3, 0.4) is 0 Å². The zero-order valence-corrected chi connectivity index (χ0v) is 12.0. The number of carbonyl (C=O) groups is 1. The van der Waals surface area contributed by atoms with E-state index < -0.39 is 11.8 Å². The molecule has 2 aromatic rings. The molecule has 0 saturated heterocycles. The van der Waals surface area contributed by atoms with E-state index in [-0.39, 0.29) is 47.7 Å². The Labute approximate surface area is 125 Å². The molecule has 0 aliphatic heterocycles. The Morgan fingerprint density at radius 2 is 2.33 bits per heavy atom. The van der Waals surface area contributed by atoms with E-state index in [2.05, 4.69) is 15.1 Å². The average molecular weight is 256 g/mol. The summed E-state index contributed by atoms with van der Waals surface area (Å²) in [6.45, 7) is 1.85. The molecule has 0 aromatic carbocycles. The number of rotatable bonds is 3. The van der Waals surface area contributed by atoms with Gasteiger partial charge in [-0.1, -0.05) is 0 Å². The number of hydrogen-bond acceptors (Lipinski definition) is 6. The number of esters is 1. The Bertz CT molecular complexity index is 530. The van der Waals surface area contributed by atoms with Crippen LogP contribution in [0.1, 0.15) is 17.3 Å². The van der Waals surface area contributed by atoms with Crippen molar-refractivity contribution < 1.29 is 44.2 Å². The third kappa shape index (κ3) is 3.06. The standard InChI is InChI=1S/C10H10N4O3.Na/c1-2-17-9(16)7-6-11-10(13-8(7)15)14-5-3-4-12-14;/h3-6H,2H2,1H3,(H,11,13,15);/q;+1/p-1. The fourth-order valence-corrected chi connectivity index (χ4v) is 1.20. The summed E-state index contributed by atoms with van der Waals surface area (Å²) in [5, 5.41) is 15.4. The zero-order chi connectivity index (χ0) is 12.3. The van der Waals surface area contributed by atoms with Gasteiger partial charge in [-0.3, -0.25) is 0 Å². The SMILES string of the molecule is CCOC(=O)c1cnc(-n2cccn2)nc1[O-].[Na+]. The van der Waals surface area contributed by atoms with Crippen molar-refractivity contribution in [3.05, 3.63) is 30.2 Å². The first-order valence-corrected chi connectivity index (χ1v) is 4.93. The molecule has 0 fully saturated rings. The molecular weight excluding hydrogens is 247 g/mol. The van der Waals surface area contributed by atoms with Gasteiger partial charge >= 0.3 is 35.5 Å². The fourth-order valence-electron chi connectivity index (χ4n) is 1.20. The van der Waals surface area contributed by atoms with Crippen molar-refractivity contribution in [1.29, 1.82) is 0 Å². The average Bonchev–Trinajstić information content (AvgIpc) is 2.82. The molecule has 0 aliphatic rings. The minimum Gasteiger partial charge on any atom is -0.858 e. The van der Waals surface area contributed by atoms with E-state index in [0.717, 1.165) is 6.20 Å². The monoisotopic (exact) mass is 256 g/mol. The van der Waals surface area contributed by atoms with Crippen LogP contribution in [-0.2, 0) is 4.74 Å². The van der Waals surface area contributed by atoms with Crippen molar-refractivity contribution in [2.45, 2.75) is 6.92 Å².